The van der Waals surface area contributed by atoms with E-state index in [0.717, 1.165) is 9.75 Å². The van der Waals surface area contributed by atoms with Crippen molar-refractivity contribution in [1.29, 1.82) is 0 Å². The summed E-state index contributed by atoms with van der Waals surface area (Å²) in [6.07, 6.45) is -4.30. The number of thiophene rings is 1. The van der Waals surface area contributed by atoms with Gasteiger partial charge in [-0.25, -0.2) is 0 Å². The predicted octanol–water partition coefficient (Wildman–Crippen LogP) is 4.45. The maximum atomic E-state index is 13.1. The minimum absolute atomic E-state index is 0.220. The Kier molecular flexibility index (Phi) is 4.27. The zero-order chi connectivity index (χ0) is 13.9. The number of benzene rings is 1. The summed E-state index contributed by atoms with van der Waals surface area (Å²) in [6, 6.07) is 10.1. The largest absolute Gasteiger partial charge is 0.407 e. The Labute approximate surface area is 114 Å². The Bertz CT molecular complexity index is 519. The fourth-order valence-electron chi connectivity index (χ4n) is 1.85. The molecule has 0 aliphatic carbocycles. The van der Waals surface area contributed by atoms with Crippen LogP contribution in [0.5, 0.6) is 0 Å². The molecule has 102 valence electrons. The standard InChI is InChI=1S/C14H14F3NS/c1-10-7-8-12(19-10)9-18-13(14(15,16)17)11-5-3-2-4-6-11/h2-8,13,18H,9H2,1H3. The highest BCUT2D eigenvalue weighted by molar-refractivity contribution is 7.11. The molecule has 1 aromatic carbocycles. The summed E-state index contributed by atoms with van der Waals surface area (Å²) in [5, 5.41) is 2.59. The van der Waals surface area contributed by atoms with Crippen molar-refractivity contribution in [2.45, 2.75) is 25.7 Å². The van der Waals surface area contributed by atoms with E-state index >= 15 is 0 Å². The molecule has 2 aromatic rings. The van der Waals surface area contributed by atoms with Crippen LogP contribution < -0.4 is 5.32 Å². The third-order valence-electron chi connectivity index (χ3n) is 2.74. The summed E-state index contributed by atoms with van der Waals surface area (Å²) in [7, 11) is 0. The summed E-state index contributed by atoms with van der Waals surface area (Å²) in [6.45, 7) is 2.16. The lowest BCUT2D eigenvalue weighted by molar-refractivity contribution is -0.158. The quantitative estimate of drug-likeness (QED) is 0.875. The molecule has 0 aliphatic rings. The summed E-state index contributed by atoms with van der Waals surface area (Å²) in [5.41, 5.74) is 0.239. The molecule has 1 unspecified atom stereocenters. The second-order valence-electron chi connectivity index (χ2n) is 4.28. The van der Waals surface area contributed by atoms with Gasteiger partial charge in [-0.1, -0.05) is 30.3 Å². The van der Waals surface area contributed by atoms with Crippen LogP contribution in [0.2, 0.25) is 0 Å². The van der Waals surface area contributed by atoms with E-state index in [1.165, 1.54) is 23.5 Å². The minimum atomic E-state index is -4.30. The number of alkyl halides is 3. The van der Waals surface area contributed by atoms with Gasteiger partial charge in [0, 0.05) is 16.3 Å². The van der Waals surface area contributed by atoms with Crippen LogP contribution in [0.15, 0.2) is 42.5 Å². The Morgan fingerprint density at radius 3 is 2.32 bits per heavy atom. The number of hydrogen-bond donors (Lipinski definition) is 1. The van der Waals surface area contributed by atoms with E-state index in [1.807, 2.05) is 19.1 Å². The highest BCUT2D eigenvalue weighted by Gasteiger charge is 2.40. The number of hydrogen-bond acceptors (Lipinski definition) is 2. The molecule has 5 heteroatoms. The molecule has 0 saturated carbocycles. The molecule has 1 N–H and O–H groups in total. The number of aryl methyl sites for hydroxylation is 1. The van der Waals surface area contributed by atoms with Crippen LogP contribution in [-0.4, -0.2) is 6.18 Å². The first-order chi connectivity index (χ1) is 8.97. The molecule has 1 aromatic heterocycles. The van der Waals surface area contributed by atoms with Crippen molar-refractivity contribution in [3.05, 3.63) is 57.8 Å². The monoisotopic (exact) mass is 285 g/mol. The van der Waals surface area contributed by atoms with Gasteiger partial charge in [0.2, 0.25) is 0 Å². The van der Waals surface area contributed by atoms with Crippen molar-refractivity contribution < 1.29 is 13.2 Å². The van der Waals surface area contributed by atoms with Gasteiger partial charge in [0.1, 0.15) is 6.04 Å². The zero-order valence-corrected chi connectivity index (χ0v) is 11.2. The average Bonchev–Trinajstić information content (AvgIpc) is 2.75. The van der Waals surface area contributed by atoms with Crippen molar-refractivity contribution in [3.63, 3.8) is 0 Å². The van der Waals surface area contributed by atoms with E-state index in [1.54, 1.807) is 18.2 Å². The molecule has 0 spiro atoms. The van der Waals surface area contributed by atoms with Gasteiger partial charge >= 0.3 is 6.18 Å². The highest BCUT2D eigenvalue weighted by Crippen LogP contribution is 2.33. The smallest absolute Gasteiger partial charge is 0.298 e. The number of halogens is 3. The lowest BCUT2D eigenvalue weighted by Crippen LogP contribution is -2.33. The molecule has 0 radical (unpaired) electrons. The van der Waals surface area contributed by atoms with Gasteiger partial charge in [0.25, 0.3) is 0 Å². The molecule has 0 saturated heterocycles. The molecular formula is C14H14F3NS. The molecule has 1 atom stereocenters. The first-order valence-corrected chi connectivity index (χ1v) is 6.69. The minimum Gasteiger partial charge on any atom is -0.298 e. The molecule has 0 bridgehead atoms. The molecule has 19 heavy (non-hydrogen) atoms. The SMILES string of the molecule is Cc1ccc(CNC(c2ccccc2)C(F)(F)F)s1. The zero-order valence-electron chi connectivity index (χ0n) is 10.4. The second kappa shape index (κ2) is 5.75. The molecule has 2 rings (SSSR count). The lowest BCUT2D eigenvalue weighted by Gasteiger charge is -2.21. The molecule has 1 nitrogen and oxygen atoms in total. The number of nitrogens with one attached hydrogen (secondary N) is 1. The van der Waals surface area contributed by atoms with E-state index in [2.05, 4.69) is 5.32 Å². The van der Waals surface area contributed by atoms with E-state index < -0.39 is 12.2 Å². The van der Waals surface area contributed by atoms with Crippen LogP contribution in [-0.2, 0) is 6.54 Å². The van der Waals surface area contributed by atoms with Gasteiger partial charge in [-0.3, -0.25) is 5.32 Å². The van der Waals surface area contributed by atoms with Gasteiger partial charge in [0.05, 0.1) is 0 Å². The van der Waals surface area contributed by atoms with Crippen molar-refractivity contribution >= 4 is 11.3 Å². The maximum Gasteiger partial charge on any atom is 0.407 e. The van der Waals surface area contributed by atoms with Crippen LogP contribution in [0.3, 0.4) is 0 Å². The Morgan fingerprint density at radius 2 is 1.79 bits per heavy atom. The normalized spacial score (nSPS) is 13.5. The molecule has 1 heterocycles. The molecular weight excluding hydrogens is 271 g/mol. The van der Waals surface area contributed by atoms with Crippen molar-refractivity contribution in [1.82, 2.24) is 5.32 Å². The first-order valence-electron chi connectivity index (χ1n) is 5.87. The van der Waals surface area contributed by atoms with E-state index in [4.69, 9.17) is 0 Å². The summed E-state index contributed by atoms with van der Waals surface area (Å²) >= 11 is 1.51. The van der Waals surface area contributed by atoms with Crippen LogP contribution in [0.4, 0.5) is 13.2 Å². The third kappa shape index (κ3) is 3.81. The second-order valence-corrected chi connectivity index (χ2v) is 5.65. The average molecular weight is 285 g/mol. The van der Waals surface area contributed by atoms with Crippen molar-refractivity contribution in [2.24, 2.45) is 0 Å². The topological polar surface area (TPSA) is 12.0 Å². The molecule has 0 fully saturated rings. The number of rotatable bonds is 4. The van der Waals surface area contributed by atoms with Gasteiger partial charge in [-0.15, -0.1) is 11.3 Å². The lowest BCUT2D eigenvalue weighted by atomic mass is 10.1. The van der Waals surface area contributed by atoms with E-state index in [-0.39, 0.29) is 12.1 Å². The Hall–Kier alpha value is -1.33. The van der Waals surface area contributed by atoms with E-state index in [0.29, 0.717) is 0 Å². The van der Waals surface area contributed by atoms with Crippen molar-refractivity contribution in [3.8, 4) is 0 Å². The summed E-state index contributed by atoms with van der Waals surface area (Å²) < 4.78 is 39.2. The Morgan fingerprint density at radius 1 is 1.11 bits per heavy atom. The molecule has 0 aliphatic heterocycles. The van der Waals surface area contributed by atoms with E-state index in [9.17, 15) is 13.2 Å². The van der Waals surface area contributed by atoms with Gasteiger partial charge in [0.15, 0.2) is 0 Å². The van der Waals surface area contributed by atoms with Gasteiger partial charge < -0.3 is 0 Å². The third-order valence-corrected chi connectivity index (χ3v) is 3.74. The summed E-state index contributed by atoms with van der Waals surface area (Å²) in [4.78, 5) is 2.00. The Balaban J connectivity index is 2.11. The molecule has 0 amide bonds. The van der Waals surface area contributed by atoms with Crippen LogP contribution in [0.25, 0.3) is 0 Å². The van der Waals surface area contributed by atoms with Crippen LogP contribution in [0.1, 0.15) is 21.4 Å². The van der Waals surface area contributed by atoms with Gasteiger partial charge in [-0.05, 0) is 24.6 Å². The highest BCUT2D eigenvalue weighted by atomic mass is 32.1. The van der Waals surface area contributed by atoms with Crippen LogP contribution >= 0.6 is 11.3 Å². The maximum absolute atomic E-state index is 13.1. The first kappa shape index (κ1) is 14.1. The van der Waals surface area contributed by atoms with Crippen LogP contribution in [0, 0.1) is 6.92 Å². The fourth-order valence-corrected chi connectivity index (χ4v) is 2.69. The van der Waals surface area contributed by atoms with Gasteiger partial charge in [-0.2, -0.15) is 13.2 Å². The predicted molar refractivity (Wildman–Crippen MR) is 71.1 cm³/mol. The van der Waals surface area contributed by atoms with Crippen molar-refractivity contribution in [2.75, 3.05) is 0 Å². The summed E-state index contributed by atoms with van der Waals surface area (Å²) in [5.74, 6) is 0. The fraction of sp³-hybridized carbons (Fsp3) is 0.286.